The van der Waals surface area contributed by atoms with Crippen molar-refractivity contribution in [1.29, 1.82) is 0 Å². The van der Waals surface area contributed by atoms with Crippen LogP contribution in [0.15, 0.2) is 55.1 Å². The first kappa shape index (κ1) is 13.6. The summed E-state index contributed by atoms with van der Waals surface area (Å²) in [6.07, 6.45) is 0. The first-order valence-corrected chi connectivity index (χ1v) is 6.75. The molecule has 2 aromatic rings. The Labute approximate surface area is 116 Å². The van der Waals surface area contributed by atoms with E-state index in [1.807, 2.05) is 6.92 Å². The van der Waals surface area contributed by atoms with Crippen LogP contribution in [0.1, 0.15) is 38.8 Å². The number of benzene rings is 2. The first-order valence-electron chi connectivity index (χ1n) is 6.75. The van der Waals surface area contributed by atoms with Gasteiger partial charge in [-0.1, -0.05) is 81.5 Å². The van der Waals surface area contributed by atoms with Crippen LogP contribution in [0.4, 0.5) is 0 Å². The molecule has 19 heavy (non-hydrogen) atoms. The average Bonchev–Trinajstić information content (AvgIpc) is 2.38. The maximum absolute atomic E-state index is 3.97. The molecule has 0 aromatic heterocycles. The van der Waals surface area contributed by atoms with Crippen molar-refractivity contribution < 1.29 is 0 Å². The van der Waals surface area contributed by atoms with Gasteiger partial charge in [0.25, 0.3) is 0 Å². The fourth-order valence-electron chi connectivity index (χ4n) is 2.11. The molecule has 0 aliphatic heterocycles. The molecule has 0 heterocycles. The van der Waals surface area contributed by atoms with Crippen molar-refractivity contribution in [2.75, 3.05) is 0 Å². The van der Waals surface area contributed by atoms with E-state index in [0.29, 0.717) is 0 Å². The highest BCUT2D eigenvalue weighted by atomic mass is 14.2. The summed E-state index contributed by atoms with van der Waals surface area (Å²) in [6, 6.07) is 17.5. The minimum Gasteiger partial charge on any atom is -0.0955 e. The fraction of sp³-hybridized carbons (Fsp3) is 0.263. The summed E-state index contributed by atoms with van der Waals surface area (Å²) in [6.45, 7) is 12.7. The Hall–Kier alpha value is -1.82. The van der Waals surface area contributed by atoms with Gasteiger partial charge < -0.3 is 0 Å². The molecule has 0 heteroatoms. The lowest BCUT2D eigenvalue weighted by molar-refractivity contribution is 0.590. The summed E-state index contributed by atoms with van der Waals surface area (Å²) in [7, 11) is 0. The van der Waals surface area contributed by atoms with Gasteiger partial charge in [0.2, 0.25) is 0 Å². The Balaban J connectivity index is 2.30. The number of hydrogen-bond acceptors (Lipinski definition) is 0. The monoisotopic (exact) mass is 250 g/mol. The molecule has 0 saturated carbocycles. The average molecular weight is 250 g/mol. The summed E-state index contributed by atoms with van der Waals surface area (Å²) in [5, 5.41) is 0. The van der Waals surface area contributed by atoms with E-state index >= 15 is 0 Å². The molecular formula is C19H22. The molecule has 0 spiro atoms. The highest BCUT2D eigenvalue weighted by Gasteiger charge is 2.12. The van der Waals surface area contributed by atoms with Crippen molar-refractivity contribution in [3.8, 4) is 11.1 Å². The van der Waals surface area contributed by atoms with E-state index in [1.165, 1.54) is 22.3 Å². The molecule has 0 amide bonds. The van der Waals surface area contributed by atoms with Gasteiger partial charge in [-0.25, -0.2) is 0 Å². The number of rotatable bonds is 2. The van der Waals surface area contributed by atoms with Crippen molar-refractivity contribution in [3.05, 3.63) is 66.2 Å². The van der Waals surface area contributed by atoms with E-state index in [4.69, 9.17) is 0 Å². The predicted molar refractivity (Wildman–Crippen MR) is 85.3 cm³/mol. The largest absolute Gasteiger partial charge is 0.0955 e. The molecular weight excluding hydrogens is 228 g/mol. The van der Waals surface area contributed by atoms with Gasteiger partial charge >= 0.3 is 0 Å². The van der Waals surface area contributed by atoms with Gasteiger partial charge in [0, 0.05) is 0 Å². The molecule has 0 aliphatic rings. The Morgan fingerprint density at radius 2 is 1.21 bits per heavy atom. The van der Waals surface area contributed by atoms with Gasteiger partial charge in [-0.05, 0) is 34.6 Å². The Kier molecular flexibility index (Phi) is 3.61. The van der Waals surface area contributed by atoms with E-state index in [9.17, 15) is 0 Å². The molecule has 0 fully saturated rings. The zero-order chi connectivity index (χ0) is 14.0. The lowest BCUT2D eigenvalue weighted by Gasteiger charge is -2.19. The van der Waals surface area contributed by atoms with Gasteiger partial charge in [0.15, 0.2) is 0 Å². The summed E-state index contributed by atoms with van der Waals surface area (Å²) >= 11 is 0. The molecule has 0 bridgehead atoms. The van der Waals surface area contributed by atoms with Crippen molar-refractivity contribution in [2.45, 2.75) is 33.1 Å². The molecule has 0 nitrogen and oxygen atoms in total. The smallest absolute Gasteiger partial charge is 0.0132 e. The third-order valence-electron chi connectivity index (χ3n) is 3.46. The van der Waals surface area contributed by atoms with Crippen LogP contribution in [0.5, 0.6) is 0 Å². The van der Waals surface area contributed by atoms with Gasteiger partial charge in [-0.3, -0.25) is 0 Å². The lowest BCUT2D eigenvalue weighted by atomic mass is 9.86. The Bertz CT molecular complexity index is 563. The minimum absolute atomic E-state index is 0.211. The van der Waals surface area contributed by atoms with Gasteiger partial charge in [-0.15, -0.1) is 0 Å². The van der Waals surface area contributed by atoms with Crippen molar-refractivity contribution >= 4 is 5.57 Å². The third kappa shape index (κ3) is 3.14. The molecule has 98 valence electrons. The molecule has 2 rings (SSSR count). The standard InChI is InChI=1S/C19H22/c1-14(2)15-6-8-16(9-7-15)17-10-12-18(13-11-17)19(3,4)5/h6-13H,1H2,2-5H3. The third-order valence-corrected chi connectivity index (χ3v) is 3.46. The second kappa shape index (κ2) is 5.05. The quantitative estimate of drug-likeness (QED) is 0.643. The molecule has 0 N–H and O–H groups in total. The number of hydrogen-bond donors (Lipinski definition) is 0. The van der Waals surface area contributed by atoms with Crippen LogP contribution in [-0.2, 0) is 5.41 Å². The van der Waals surface area contributed by atoms with Crippen molar-refractivity contribution in [2.24, 2.45) is 0 Å². The van der Waals surface area contributed by atoms with E-state index in [1.54, 1.807) is 0 Å². The molecule has 2 aromatic carbocycles. The van der Waals surface area contributed by atoms with Crippen LogP contribution in [0.25, 0.3) is 16.7 Å². The summed E-state index contributed by atoms with van der Waals surface area (Å²) in [5.74, 6) is 0. The molecule has 0 unspecified atom stereocenters. The van der Waals surface area contributed by atoms with Crippen molar-refractivity contribution in [1.82, 2.24) is 0 Å². The van der Waals surface area contributed by atoms with Crippen molar-refractivity contribution in [3.63, 3.8) is 0 Å². The van der Waals surface area contributed by atoms with Gasteiger partial charge in [0.1, 0.15) is 0 Å². The molecule has 0 atom stereocenters. The van der Waals surface area contributed by atoms with E-state index in [0.717, 1.165) is 5.57 Å². The van der Waals surface area contributed by atoms with Crippen LogP contribution in [0.3, 0.4) is 0 Å². The maximum Gasteiger partial charge on any atom is -0.0132 e. The van der Waals surface area contributed by atoms with Gasteiger partial charge in [-0.2, -0.15) is 0 Å². The fourth-order valence-corrected chi connectivity index (χ4v) is 2.11. The highest BCUT2D eigenvalue weighted by molar-refractivity contribution is 5.68. The topological polar surface area (TPSA) is 0 Å². The maximum atomic E-state index is 3.97. The summed E-state index contributed by atoms with van der Waals surface area (Å²) < 4.78 is 0. The van der Waals surface area contributed by atoms with Crippen LogP contribution in [0.2, 0.25) is 0 Å². The van der Waals surface area contributed by atoms with E-state index in [-0.39, 0.29) is 5.41 Å². The highest BCUT2D eigenvalue weighted by Crippen LogP contribution is 2.26. The van der Waals surface area contributed by atoms with Gasteiger partial charge in [0.05, 0.1) is 0 Å². The van der Waals surface area contributed by atoms with Crippen LogP contribution < -0.4 is 0 Å². The van der Waals surface area contributed by atoms with Crippen LogP contribution >= 0.6 is 0 Å². The Morgan fingerprint density at radius 3 is 1.58 bits per heavy atom. The lowest BCUT2D eigenvalue weighted by Crippen LogP contribution is -2.10. The second-order valence-electron chi connectivity index (χ2n) is 6.19. The number of allylic oxidation sites excluding steroid dienone is 1. The zero-order valence-corrected chi connectivity index (χ0v) is 12.3. The van der Waals surface area contributed by atoms with Crippen LogP contribution in [-0.4, -0.2) is 0 Å². The summed E-state index contributed by atoms with van der Waals surface area (Å²) in [5.41, 5.74) is 6.41. The predicted octanol–water partition coefficient (Wildman–Crippen LogP) is 5.68. The van der Waals surface area contributed by atoms with E-state index < -0.39 is 0 Å². The molecule has 0 radical (unpaired) electrons. The SMILES string of the molecule is C=C(C)c1ccc(-c2ccc(C(C)(C)C)cc2)cc1. The molecule has 0 aliphatic carbocycles. The minimum atomic E-state index is 0.211. The summed E-state index contributed by atoms with van der Waals surface area (Å²) in [4.78, 5) is 0. The normalized spacial score (nSPS) is 11.4. The second-order valence-corrected chi connectivity index (χ2v) is 6.19. The van der Waals surface area contributed by atoms with E-state index in [2.05, 4.69) is 75.9 Å². The first-order chi connectivity index (χ1) is 8.88. The Morgan fingerprint density at radius 1 is 0.789 bits per heavy atom. The van der Waals surface area contributed by atoms with Crippen LogP contribution in [0, 0.1) is 0 Å². The zero-order valence-electron chi connectivity index (χ0n) is 12.3. The molecule has 0 saturated heterocycles.